The van der Waals surface area contributed by atoms with E-state index in [9.17, 15) is 0 Å². The zero-order valence-corrected chi connectivity index (χ0v) is 17.0. The normalized spacial score (nSPS) is 10.9. The maximum Gasteiger partial charge on any atom is 0.213 e. The minimum Gasteiger partial charge on any atom is -0.481 e. The highest BCUT2D eigenvalue weighted by molar-refractivity contribution is 14.0. The Kier molecular flexibility index (Phi) is 14.7. The van der Waals surface area contributed by atoms with Gasteiger partial charge in [-0.05, 0) is 25.0 Å². The largest absolute Gasteiger partial charge is 0.481 e. The minimum absolute atomic E-state index is 0. The van der Waals surface area contributed by atoms with Crippen LogP contribution in [0.1, 0.15) is 18.9 Å². The zero-order chi connectivity index (χ0) is 16.8. The van der Waals surface area contributed by atoms with E-state index in [0.29, 0.717) is 32.2 Å². The number of aliphatic imine (C=N–C) groups is 1. The Morgan fingerprint density at radius 2 is 2.04 bits per heavy atom. The molecule has 0 aliphatic rings. The fourth-order valence-electron chi connectivity index (χ4n) is 1.80. The summed E-state index contributed by atoms with van der Waals surface area (Å²) in [7, 11) is 3.28. The molecule has 8 heteroatoms. The Bertz CT molecular complexity index is 461. The number of pyridine rings is 1. The van der Waals surface area contributed by atoms with Crippen molar-refractivity contribution >= 4 is 29.9 Å². The molecule has 0 bridgehead atoms. The van der Waals surface area contributed by atoms with Gasteiger partial charge in [-0.25, -0.2) is 9.98 Å². The number of rotatable bonds is 11. The van der Waals surface area contributed by atoms with Gasteiger partial charge in [-0.15, -0.1) is 24.0 Å². The molecule has 0 aromatic carbocycles. The van der Waals surface area contributed by atoms with Gasteiger partial charge in [-0.3, -0.25) is 0 Å². The van der Waals surface area contributed by atoms with Crippen LogP contribution in [0.25, 0.3) is 0 Å². The molecule has 0 aliphatic heterocycles. The monoisotopic (exact) mass is 452 g/mol. The van der Waals surface area contributed by atoms with Gasteiger partial charge in [0, 0.05) is 39.1 Å². The molecule has 0 amide bonds. The number of aromatic nitrogens is 1. The molecule has 1 rings (SSSR count). The lowest BCUT2D eigenvalue weighted by atomic mass is 10.3. The summed E-state index contributed by atoms with van der Waals surface area (Å²) in [5, 5.41) is 6.52. The van der Waals surface area contributed by atoms with Crippen LogP contribution in [0.3, 0.4) is 0 Å². The summed E-state index contributed by atoms with van der Waals surface area (Å²) in [5.74, 6) is 1.39. The standard InChI is InChI=1S/C16H28N4O3.HI/c1-4-17-16(19-7-5-9-23-11-10-21-2)20-13-14-6-8-18-15(12-14)22-3;/h6,8,12H,4-5,7,9-11,13H2,1-3H3,(H2,17,19,20);1H. The fraction of sp³-hybridized carbons (Fsp3) is 0.625. The summed E-state index contributed by atoms with van der Waals surface area (Å²) in [6.07, 6.45) is 2.64. The summed E-state index contributed by atoms with van der Waals surface area (Å²) < 4.78 is 15.5. The molecule has 7 nitrogen and oxygen atoms in total. The van der Waals surface area contributed by atoms with E-state index in [2.05, 4.69) is 20.6 Å². The lowest BCUT2D eigenvalue weighted by Crippen LogP contribution is -2.38. The summed E-state index contributed by atoms with van der Waals surface area (Å²) in [6, 6.07) is 3.82. The Balaban J connectivity index is 0.00000529. The Morgan fingerprint density at radius 1 is 1.21 bits per heavy atom. The van der Waals surface area contributed by atoms with Crippen LogP contribution in [-0.2, 0) is 16.0 Å². The van der Waals surface area contributed by atoms with Crippen molar-refractivity contribution in [3.8, 4) is 5.88 Å². The molecule has 0 aliphatic carbocycles. The smallest absolute Gasteiger partial charge is 0.213 e. The maximum atomic E-state index is 5.42. The highest BCUT2D eigenvalue weighted by Gasteiger charge is 1.99. The molecular weight excluding hydrogens is 423 g/mol. The highest BCUT2D eigenvalue weighted by Crippen LogP contribution is 2.09. The first-order valence-electron chi connectivity index (χ1n) is 7.88. The van der Waals surface area contributed by atoms with Crippen LogP contribution >= 0.6 is 24.0 Å². The summed E-state index contributed by atoms with van der Waals surface area (Å²) in [6.45, 7) is 6.20. The molecule has 0 radical (unpaired) electrons. The second kappa shape index (κ2) is 15.4. The Labute approximate surface area is 161 Å². The van der Waals surface area contributed by atoms with Crippen molar-refractivity contribution in [3.05, 3.63) is 23.9 Å². The predicted molar refractivity (Wildman–Crippen MR) is 106 cm³/mol. The van der Waals surface area contributed by atoms with E-state index in [0.717, 1.165) is 31.0 Å². The molecule has 0 fully saturated rings. The second-order valence-corrected chi connectivity index (χ2v) is 4.79. The first-order chi connectivity index (χ1) is 11.3. The number of guanidine groups is 1. The van der Waals surface area contributed by atoms with Crippen LogP contribution in [0.15, 0.2) is 23.3 Å². The molecule has 0 atom stereocenters. The van der Waals surface area contributed by atoms with Gasteiger partial charge in [0.05, 0.1) is 26.9 Å². The SMILES string of the molecule is CCNC(=NCc1ccnc(OC)c1)NCCCOCCOC.I. The van der Waals surface area contributed by atoms with Crippen LogP contribution in [0.2, 0.25) is 0 Å². The predicted octanol–water partition coefficient (Wildman–Crippen LogP) is 1.82. The quantitative estimate of drug-likeness (QED) is 0.231. The first-order valence-corrected chi connectivity index (χ1v) is 7.88. The van der Waals surface area contributed by atoms with Crippen molar-refractivity contribution in [1.82, 2.24) is 15.6 Å². The van der Waals surface area contributed by atoms with Crippen LogP contribution in [0.5, 0.6) is 5.88 Å². The molecule has 138 valence electrons. The lowest BCUT2D eigenvalue weighted by molar-refractivity contribution is 0.0698. The molecule has 0 unspecified atom stereocenters. The van der Waals surface area contributed by atoms with Gasteiger partial charge in [0.25, 0.3) is 0 Å². The molecule has 0 saturated carbocycles. The fourth-order valence-corrected chi connectivity index (χ4v) is 1.80. The van der Waals surface area contributed by atoms with E-state index in [1.165, 1.54) is 0 Å². The molecule has 24 heavy (non-hydrogen) atoms. The van der Waals surface area contributed by atoms with Crippen molar-refractivity contribution in [1.29, 1.82) is 0 Å². The van der Waals surface area contributed by atoms with Gasteiger partial charge in [0.1, 0.15) is 0 Å². The highest BCUT2D eigenvalue weighted by atomic mass is 127. The van der Waals surface area contributed by atoms with E-state index in [1.54, 1.807) is 20.4 Å². The van der Waals surface area contributed by atoms with Crippen LogP contribution in [-0.4, -0.2) is 58.1 Å². The number of methoxy groups -OCH3 is 2. The number of hydrogen-bond acceptors (Lipinski definition) is 5. The van der Waals surface area contributed by atoms with Crippen LogP contribution < -0.4 is 15.4 Å². The van der Waals surface area contributed by atoms with E-state index in [-0.39, 0.29) is 24.0 Å². The van der Waals surface area contributed by atoms with Crippen molar-refractivity contribution in [3.63, 3.8) is 0 Å². The third kappa shape index (κ3) is 10.6. The van der Waals surface area contributed by atoms with Crippen molar-refractivity contribution < 1.29 is 14.2 Å². The zero-order valence-electron chi connectivity index (χ0n) is 14.7. The van der Waals surface area contributed by atoms with Crippen molar-refractivity contribution in [2.75, 3.05) is 47.1 Å². The van der Waals surface area contributed by atoms with Gasteiger partial charge in [-0.1, -0.05) is 0 Å². The number of halogens is 1. The second-order valence-electron chi connectivity index (χ2n) is 4.79. The molecule has 1 heterocycles. The number of nitrogens with zero attached hydrogens (tertiary/aromatic N) is 2. The lowest BCUT2D eigenvalue weighted by Gasteiger charge is -2.11. The van der Waals surface area contributed by atoms with E-state index >= 15 is 0 Å². The van der Waals surface area contributed by atoms with Gasteiger partial charge in [-0.2, -0.15) is 0 Å². The summed E-state index contributed by atoms with van der Waals surface area (Å²) >= 11 is 0. The van der Waals surface area contributed by atoms with Gasteiger partial charge in [0.2, 0.25) is 5.88 Å². The Hall–Kier alpha value is -1.13. The summed E-state index contributed by atoms with van der Waals surface area (Å²) in [4.78, 5) is 8.64. The van der Waals surface area contributed by atoms with Gasteiger partial charge in [0.15, 0.2) is 5.96 Å². The summed E-state index contributed by atoms with van der Waals surface area (Å²) in [5.41, 5.74) is 1.05. The average molecular weight is 452 g/mol. The molecule has 0 saturated heterocycles. The number of nitrogens with one attached hydrogen (secondary N) is 2. The van der Waals surface area contributed by atoms with Crippen molar-refractivity contribution in [2.45, 2.75) is 19.9 Å². The van der Waals surface area contributed by atoms with Crippen LogP contribution in [0.4, 0.5) is 0 Å². The molecule has 1 aromatic heterocycles. The van der Waals surface area contributed by atoms with E-state index < -0.39 is 0 Å². The number of ether oxygens (including phenoxy) is 3. The van der Waals surface area contributed by atoms with Crippen LogP contribution in [0, 0.1) is 0 Å². The number of hydrogen-bond donors (Lipinski definition) is 2. The topological polar surface area (TPSA) is 77.0 Å². The van der Waals surface area contributed by atoms with Gasteiger partial charge >= 0.3 is 0 Å². The molecule has 0 spiro atoms. The average Bonchev–Trinajstić information content (AvgIpc) is 2.59. The first kappa shape index (κ1) is 22.9. The minimum atomic E-state index is 0. The third-order valence-electron chi connectivity index (χ3n) is 2.96. The molecule has 1 aromatic rings. The van der Waals surface area contributed by atoms with E-state index in [4.69, 9.17) is 14.2 Å². The van der Waals surface area contributed by atoms with Crippen molar-refractivity contribution in [2.24, 2.45) is 4.99 Å². The molecule has 2 N–H and O–H groups in total. The van der Waals surface area contributed by atoms with Gasteiger partial charge < -0.3 is 24.8 Å². The van der Waals surface area contributed by atoms with E-state index in [1.807, 2.05) is 19.1 Å². The Morgan fingerprint density at radius 3 is 2.75 bits per heavy atom. The molecular formula is C16H29IN4O3. The third-order valence-corrected chi connectivity index (χ3v) is 2.96. The maximum absolute atomic E-state index is 5.42.